The third kappa shape index (κ3) is 11.3. The van der Waals surface area contributed by atoms with Crippen LogP contribution in [0.25, 0.3) is 0 Å². The molecule has 0 aromatic carbocycles. The Morgan fingerprint density at radius 3 is 1.93 bits per heavy atom. The Kier molecular flexibility index (Phi) is 16.8. The monoisotopic (exact) mass is 458 g/mol. The zero-order valence-corrected chi connectivity index (χ0v) is 20.2. The maximum Gasteiger partial charge on any atom is 0.699 e. The summed E-state index contributed by atoms with van der Waals surface area (Å²) in [6, 6.07) is 0. The highest BCUT2D eigenvalue weighted by atomic mass is 31.2. The first-order valence-electron chi connectivity index (χ1n) is 10.8. The van der Waals surface area contributed by atoms with Crippen LogP contribution in [0.2, 0.25) is 0 Å². The maximum atomic E-state index is 13.0. The summed E-state index contributed by atoms with van der Waals surface area (Å²) < 4.78 is 36.5. The first-order chi connectivity index (χ1) is 13.9. The van der Waals surface area contributed by atoms with Crippen LogP contribution in [0.1, 0.15) is 59.3 Å². The number of aliphatic hydroxyl groups is 3. The Labute approximate surface area is 177 Å². The van der Waals surface area contributed by atoms with Crippen LogP contribution < -0.4 is 0 Å². The molecule has 3 N–H and O–H groups in total. The van der Waals surface area contributed by atoms with Crippen molar-refractivity contribution < 1.29 is 33.5 Å². The summed E-state index contributed by atoms with van der Waals surface area (Å²) in [4.78, 5) is 1.79. The first-order valence-corrected chi connectivity index (χ1v) is 14.2. The van der Waals surface area contributed by atoms with Gasteiger partial charge in [-0.2, -0.15) is 0 Å². The predicted molar refractivity (Wildman–Crippen MR) is 117 cm³/mol. The van der Waals surface area contributed by atoms with Crippen LogP contribution in [0.3, 0.4) is 0 Å². The van der Waals surface area contributed by atoms with Crippen molar-refractivity contribution in [3.63, 3.8) is 0 Å². The summed E-state index contributed by atoms with van der Waals surface area (Å²) in [5, 5.41) is 27.6. The molecule has 0 rings (SSSR count). The molecule has 0 heterocycles. The van der Waals surface area contributed by atoms with E-state index in [1.54, 1.807) is 4.90 Å². The Bertz CT molecular complexity index is 457. The van der Waals surface area contributed by atoms with Gasteiger partial charge in [0.25, 0.3) is 0 Å². The molecule has 0 aromatic rings. The van der Waals surface area contributed by atoms with Crippen LogP contribution in [-0.4, -0.2) is 83.9 Å². The van der Waals surface area contributed by atoms with Gasteiger partial charge in [0.1, 0.15) is 6.61 Å². The van der Waals surface area contributed by atoms with Crippen molar-refractivity contribution in [2.24, 2.45) is 0 Å². The van der Waals surface area contributed by atoms with Crippen LogP contribution in [0.4, 0.5) is 0 Å². The zero-order valence-electron chi connectivity index (χ0n) is 18.4. The Morgan fingerprint density at radius 1 is 0.897 bits per heavy atom. The molecule has 0 saturated heterocycles. The van der Waals surface area contributed by atoms with Crippen molar-refractivity contribution in [2.75, 3.05) is 58.0 Å². The van der Waals surface area contributed by atoms with Crippen LogP contribution in [0, 0.1) is 0 Å². The fourth-order valence-electron chi connectivity index (χ4n) is 3.44. The molecule has 0 aliphatic rings. The molecule has 0 aromatic heterocycles. The molecular weight excluding hydrogens is 416 g/mol. The molecule has 0 aliphatic heterocycles. The summed E-state index contributed by atoms with van der Waals surface area (Å²) in [7, 11) is -4.73. The molecule has 0 fully saturated rings. The van der Waals surface area contributed by atoms with E-state index in [9.17, 15) is 19.3 Å². The molecule has 29 heavy (non-hydrogen) atoms. The van der Waals surface area contributed by atoms with E-state index >= 15 is 0 Å². The lowest BCUT2D eigenvalue weighted by Gasteiger charge is -2.37. The van der Waals surface area contributed by atoms with Crippen molar-refractivity contribution in [3.05, 3.63) is 0 Å². The molecular formula is C19H42NO7P2+. The third-order valence-corrected chi connectivity index (χ3v) is 9.49. The van der Waals surface area contributed by atoms with Gasteiger partial charge in [-0.3, -0.25) is 4.90 Å². The van der Waals surface area contributed by atoms with Gasteiger partial charge in [0.15, 0.2) is 5.72 Å². The number of aliphatic hydroxyl groups excluding tert-OH is 3. The molecule has 174 valence electrons. The molecule has 2 unspecified atom stereocenters. The van der Waals surface area contributed by atoms with Crippen LogP contribution >= 0.6 is 15.4 Å². The summed E-state index contributed by atoms with van der Waals surface area (Å²) in [6.45, 7) is 6.51. The molecule has 2 atom stereocenters. The SMILES string of the molecule is CCCCP(=O)(CCCO)CCCO[P+](=O)OC(CC)(CC)N(CCO)CCO. The predicted octanol–water partition coefficient (Wildman–Crippen LogP) is 3.42. The van der Waals surface area contributed by atoms with E-state index in [4.69, 9.17) is 14.2 Å². The Morgan fingerprint density at radius 2 is 1.45 bits per heavy atom. The van der Waals surface area contributed by atoms with E-state index in [2.05, 4.69) is 6.92 Å². The second-order valence-electron chi connectivity index (χ2n) is 7.25. The van der Waals surface area contributed by atoms with E-state index in [-0.39, 0.29) is 26.4 Å². The molecule has 10 heteroatoms. The summed E-state index contributed by atoms with van der Waals surface area (Å²) in [6.07, 6.45) is 5.75. The quantitative estimate of drug-likeness (QED) is 0.144. The first kappa shape index (κ1) is 29.1. The standard InChI is InChI=1S/C19H42NO7P2/c1-4-7-16-29(25,17-8-12-21)18-9-15-26-28(24)27-19(5-2,6-3)20(10-13-22)11-14-23/h21-23H,4-18H2,1-3H3/q+1. The number of unbranched alkanes of at least 4 members (excludes halogenated alkanes) is 1. The van der Waals surface area contributed by atoms with Crippen molar-refractivity contribution in [1.29, 1.82) is 0 Å². The molecule has 0 spiro atoms. The highest BCUT2D eigenvalue weighted by Crippen LogP contribution is 2.48. The maximum absolute atomic E-state index is 13.0. The van der Waals surface area contributed by atoms with Gasteiger partial charge >= 0.3 is 8.25 Å². The Hall–Kier alpha value is 0.0900. The van der Waals surface area contributed by atoms with Gasteiger partial charge in [-0.05, 0) is 32.1 Å². The topological polar surface area (TPSA) is 117 Å². The number of nitrogens with zero attached hydrogens (tertiary/aromatic N) is 1. The number of hydrogen-bond acceptors (Lipinski definition) is 8. The summed E-state index contributed by atoms with van der Waals surface area (Å²) in [5.74, 6) is 0. The van der Waals surface area contributed by atoms with Crippen LogP contribution in [0.5, 0.6) is 0 Å². The molecule has 0 amide bonds. The smallest absolute Gasteiger partial charge is 0.396 e. The average molecular weight is 458 g/mol. The number of rotatable bonds is 20. The lowest BCUT2D eigenvalue weighted by molar-refractivity contribution is -0.104. The van der Waals surface area contributed by atoms with Crippen molar-refractivity contribution in [1.82, 2.24) is 4.90 Å². The fourth-order valence-corrected chi connectivity index (χ4v) is 7.41. The Balaban J connectivity index is 4.71. The van der Waals surface area contributed by atoms with E-state index in [1.165, 1.54) is 0 Å². The summed E-state index contributed by atoms with van der Waals surface area (Å²) in [5.41, 5.74) is -0.879. The molecule has 0 aliphatic carbocycles. The molecule has 8 nitrogen and oxygen atoms in total. The highest BCUT2D eigenvalue weighted by Gasteiger charge is 2.43. The van der Waals surface area contributed by atoms with Gasteiger partial charge in [0.05, 0.1) is 20.4 Å². The van der Waals surface area contributed by atoms with Gasteiger partial charge in [0, 0.05) is 42.7 Å². The van der Waals surface area contributed by atoms with Crippen molar-refractivity contribution in [2.45, 2.75) is 65.0 Å². The third-order valence-electron chi connectivity index (χ3n) is 5.22. The van der Waals surface area contributed by atoms with Gasteiger partial charge < -0.3 is 19.9 Å². The van der Waals surface area contributed by atoms with E-state index in [0.29, 0.717) is 57.3 Å². The largest absolute Gasteiger partial charge is 0.699 e. The zero-order chi connectivity index (χ0) is 22.2. The average Bonchev–Trinajstić information content (AvgIpc) is 2.72. The van der Waals surface area contributed by atoms with Crippen LogP contribution in [-0.2, 0) is 18.2 Å². The minimum atomic E-state index is -2.39. The minimum absolute atomic E-state index is 0.0423. The minimum Gasteiger partial charge on any atom is -0.396 e. The highest BCUT2D eigenvalue weighted by molar-refractivity contribution is 7.63. The molecule has 0 radical (unpaired) electrons. The number of hydrogen-bond donors (Lipinski definition) is 3. The second-order valence-corrected chi connectivity index (χ2v) is 11.6. The fraction of sp³-hybridized carbons (Fsp3) is 1.00. The van der Waals surface area contributed by atoms with Gasteiger partial charge in [-0.1, -0.05) is 31.7 Å². The van der Waals surface area contributed by atoms with E-state index in [1.807, 2.05) is 13.8 Å². The molecule has 0 saturated carbocycles. The van der Waals surface area contributed by atoms with Gasteiger partial charge in [0.2, 0.25) is 0 Å². The lowest BCUT2D eigenvalue weighted by atomic mass is 10.1. The normalized spacial score (nSPS) is 14.9. The van der Waals surface area contributed by atoms with E-state index < -0.39 is 21.1 Å². The second kappa shape index (κ2) is 16.7. The van der Waals surface area contributed by atoms with Gasteiger partial charge in [-0.15, -0.1) is 4.52 Å². The van der Waals surface area contributed by atoms with Gasteiger partial charge in [-0.25, -0.2) is 0 Å². The molecule has 0 bridgehead atoms. The lowest BCUT2D eigenvalue weighted by Crippen LogP contribution is -2.51. The van der Waals surface area contributed by atoms with Crippen LogP contribution in [0.15, 0.2) is 0 Å². The van der Waals surface area contributed by atoms with Crippen molar-refractivity contribution >= 4 is 15.4 Å². The summed E-state index contributed by atoms with van der Waals surface area (Å²) >= 11 is 0. The van der Waals surface area contributed by atoms with E-state index in [0.717, 1.165) is 12.8 Å². The van der Waals surface area contributed by atoms with Crippen molar-refractivity contribution in [3.8, 4) is 0 Å².